The number of para-hydroxylation sites is 1. The van der Waals surface area contributed by atoms with Crippen LogP contribution in [0.5, 0.6) is 5.75 Å². The molecule has 1 amide bonds. The van der Waals surface area contributed by atoms with Crippen molar-refractivity contribution in [3.05, 3.63) is 45.9 Å². The molecule has 7 nitrogen and oxygen atoms in total. The van der Waals surface area contributed by atoms with Gasteiger partial charge in [0.25, 0.3) is 5.91 Å². The maximum absolute atomic E-state index is 12.5. The molecular weight excluding hydrogens is 366 g/mol. The minimum Gasteiger partial charge on any atom is -0.486 e. The number of rotatable bonds is 8. The maximum atomic E-state index is 12.5. The van der Waals surface area contributed by atoms with Gasteiger partial charge < -0.3 is 14.4 Å². The van der Waals surface area contributed by atoms with E-state index in [0.717, 1.165) is 10.7 Å². The SMILES string of the molecule is Cc1nc(COc2ccccc2C(=O)O[C@@H](C)C(=O)N(C)CCC#N)cs1. The van der Waals surface area contributed by atoms with Crippen molar-refractivity contribution in [3.63, 3.8) is 0 Å². The molecule has 2 rings (SSSR count). The first-order chi connectivity index (χ1) is 12.9. The third kappa shape index (κ3) is 5.79. The van der Waals surface area contributed by atoms with E-state index in [4.69, 9.17) is 14.7 Å². The molecule has 1 aromatic carbocycles. The number of thiazole rings is 1. The van der Waals surface area contributed by atoms with Crippen molar-refractivity contribution in [1.29, 1.82) is 5.26 Å². The van der Waals surface area contributed by atoms with Crippen molar-refractivity contribution in [3.8, 4) is 11.8 Å². The van der Waals surface area contributed by atoms with Gasteiger partial charge in [0.05, 0.1) is 23.2 Å². The van der Waals surface area contributed by atoms with Gasteiger partial charge in [0.15, 0.2) is 6.10 Å². The van der Waals surface area contributed by atoms with Crippen LogP contribution in [0.15, 0.2) is 29.6 Å². The van der Waals surface area contributed by atoms with E-state index in [-0.39, 0.29) is 31.0 Å². The molecule has 1 atom stereocenters. The minimum atomic E-state index is -0.963. The van der Waals surface area contributed by atoms with Crippen LogP contribution < -0.4 is 4.74 Å². The number of nitriles is 1. The number of likely N-dealkylation sites (N-methyl/N-ethyl adjacent to an activating group) is 1. The quantitative estimate of drug-likeness (QED) is 0.647. The van der Waals surface area contributed by atoms with E-state index in [1.54, 1.807) is 31.3 Å². The molecule has 2 aromatic rings. The molecule has 0 aliphatic heterocycles. The van der Waals surface area contributed by atoms with E-state index in [1.807, 2.05) is 18.4 Å². The number of esters is 1. The van der Waals surface area contributed by atoms with Crippen LogP contribution in [0.4, 0.5) is 0 Å². The molecule has 0 bridgehead atoms. The van der Waals surface area contributed by atoms with Crippen LogP contribution in [0, 0.1) is 18.3 Å². The lowest BCUT2D eigenvalue weighted by molar-refractivity contribution is -0.138. The van der Waals surface area contributed by atoms with Crippen LogP contribution in [0.25, 0.3) is 0 Å². The van der Waals surface area contributed by atoms with Gasteiger partial charge in [0.1, 0.15) is 17.9 Å². The number of nitrogens with zero attached hydrogens (tertiary/aromatic N) is 3. The van der Waals surface area contributed by atoms with Crippen molar-refractivity contribution in [2.24, 2.45) is 0 Å². The molecule has 0 unspecified atom stereocenters. The normalized spacial score (nSPS) is 11.3. The molecule has 8 heteroatoms. The standard InChI is InChI=1S/C19H21N3O4S/c1-13(18(23)22(3)10-6-9-20)26-19(24)16-7-4-5-8-17(16)25-11-15-12-27-14(2)21-15/h4-5,7-8,12-13H,6,10-11H2,1-3H3/t13-/m0/s1. The monoisotopic (exact) mass is 387 g/mol. The molecule has 0 N–H and O–H groups in total. The Morgan fingerprint density at radius 2 is 2.11 bits per heavy atom. The smallest absolute Gasteiger partial charge is 0.342 e. The topological polar surface area (TPSA) is 92.5 Å². The first-order valence-corrected chi connectivity index (χ1v) is 9.26. The zero-order valence-electron chi connectivity index (χ0n) is 15.5. The fourth-order valence-electron chi connectivity index (χ4n) is 2.30. The highest BCUT2D eigenvalue weighted by molar-refractivity contribution is 7.09. The average Bonchev–Trinajstić information content (AvgIpc) is 3.09. The summed E-state index contributed by atoms with van der Waals surface area (Å²) in [4.78, 5) is 30.4. The molecule has 0 saturated heterocycles. The molecule has 0 fully saturated rings. The van der Waals surface area contributed by atoms with Gasteiger partial charge in [-0.25, -0.2) is 9.78 Å². The predicted octanol–water partition coefficient (Wildman–Crippen LogP) is 2.95. The fourth-order valence-corrected chi connectivity index (χ4v) is 2.90. The van der Waals surface area contributed by atoms with Crippen LogP contribution >= 0.6 is 11.3 Å². The van der Waals surface area contributed by atoms with Gasteiger partial charge in [-0.2, -0.15) is 5.26 Å². The Balaban J connectivity index is 2.01. The lowest BCUT2D eigenvalue weighted by Crippen LogP contribution is -2.37. The molecule has 1 heterocycles. The van der Waals surface area contributed by atoms with E-state index in [1.165, 1.54) is 23.2 Å². The van der Waals surface area contributed by atoms with E-state index < -0.39 is 12.1 Å². The summed E-state index contributed by atoms with van der Waals surface area (Å²) >= 11 is 1.52. The van der Waals surface area contributed by atoms with E-state index in [9.17, 15) is 9.59 Å². The molecule has 0 aliphatic carbocycles. The van der Waals surface area contributed by atoms with Crippen LogP contribution in [0.1, 0.15) is 34.4 Å². The van der Waals surface area contributed by atoms with Crippen LogP contribution in [-0.2, 0) is 16.1 Å². The summed E-state index contributed by atoms with van der Waals surface area (Å²) in [6.07, 6.45) is -0.745. The molecular formula is C19H21N3O4S. The Labute approximate surface area is 162 Å². The maximum Gasteiger partial charge on any atom is 0.342 e. The first kappa shape index (κ1) is 20.4. The molecule has 0 saturated carbocycles. The number of amides is 1. The van der Waals surface area contributed by atoms with Gasteiger partial charge in [0, 0.05) is 19.0 Å². The van der Waals surface area contributed by atoms with Crippen LogP contribution in [0.2, 0.25) is 0 Å². The average molecular weight is 387 g/mol. The summed E-state index contributed by atoms with van der Waals surface area (Å²) in [6.45, 7) is 3.93. The Bertz CT molecular complexity index is 843. The highest BCUT2D eigenvalue weighted by Crippen LogP contribution is 2.21. The number of aryl methyl sites for hydroxylation is 1. The Morgan fingerprint density at radius 3 is 2.78 bits per heavy atom. The number of carbonyl (C=O) groups excluding carboxylic acids is 2. The molecule has 0 spiro atoms. The number of ether oxygens (including phenoxy) is 2. The van der Waals surface area contributed by atoms with E-state index in [0.29, 0.717) is 5.75 Å². The van der Waals surface area contributed by atoms with Crippen molar-refractivity contribution in [1.82, 2.24) is 9.88 Å². The summed E-state index contributed by atoms with van der Waals surface area (Å²) in [5.74, 6) is -0.643. The zero-order chi connectivity index (χ0) is 19.8. The predicted molar refractivity (Wildman–Crippen MR) is 100 cm³/mol. The Kier molecular flexibility index (Phi) is 7.32. The molecule has 27 heavy (non-hydrogen) atoms. The molecule has 0 radical (unpaired) electrons. The summed E-state index contributed by atoms with van der Waals surface area (Å²) < 4.78 is 11.0. The molecule has 1 aromatic heterocycles. The highest BCUT2D eigenvalue weighted by atomic mass is 32.1. The van der Waals surface area contributed by atoms with Gasteiger partial charge in [0.2, 0.25) is 0 Å². The van der Waals surface area contributed by atoms with Crippen LogP contribution in [0.3, 0.4) is 0 Å². The lowest BCUT2D eigenvalue weighted by atomic mass is 10.2. The third-order valence-electron chi connectivity index (χ3n) is 3.72. The van der Waals surface area contributed by atoms with E-state index >= 15 is 0 Å². The molecule has 0 aliphatic rings. The summed E-state index contributed by atoms with van der Waals surface area (Å²) in [7, 11) is 1.57. The fraction of sp³-hybridized carbons (Fsp3) is 0.368. The van der Waals surface area contributed by atoms with Gasteiger partial charge >= 0.3 is 5.97 Å². The number of aromatic nitrogens is 1. The van der Waals surface area contributed by atoms with Crippen molar-refractivity contribution >= 4 is 23.2 Å². The van der Waals surface area contributed by atoms with Gasteiger partial charge in [-0.05, 0) is 26.0 Å². The van der Waals surface area contributed by atoms with Gasteiger partial charge in [-0.1, -0.05) is 12.1 Å². The van der Waals surface area contributed by atoms with Gasteiger partial charge in [-0.15, -0.1) is 11.3 Å². The second-order valence-corrected chi connectivity index (χ2v) is 6.92. The lowest BCUT2D eigenvalue weighted by Gasteiger charge is -2.20. The van der Waals surface area contributed by atoms with Crippen molar-refractivity contribution < 1.29 is 19.1 Å². The largest absolute Gasteiger partial charge is 0.486 e. The van der Waals surface area contributed by atoms with Gasteiger partial charge in [-0.3, -0.25) is 4.79 Å². The number of carbonyl (C=O) groups is 2. The third-order valence-corrected chi connectivity index (χ3v) is 4.54. The number of hydrogen-bond donors (Lipinski definition) is 0. The van der Waals surface area contributed by atoms with Crippen molar-refractivity contribution in [2.75, 3.05) is 13.6 Å². The molecule has 142 valence electrons. The Morgan fingerprint density at radius 1 is 1.37 bits per heavy atom. The number of hydrogen-bond acceptors (Lipinski definition) is 7. The zero-order valence-corrected chi connectivity index (χ0v) is 16.3. The highest BCUT2D eigenvalue weighted by Gasteiger charge is 2.23. The van der Waals surface area contributed by atoms with Crippen LogP contribution in [-0.4, -0.2) is 41.5 Å². The summed E-state index contributed by atoms with van der Waals surface area (Å²) in [6, 6.07) is 8.67. The first-order valence-electron chi connectivity index (χ1n) is 8.38. The summed E-state index contributed by atoms with van der Waals surface area (Å²) in [5, 5.41) is 11.4. The number of benzene rings is 1. The summed E-state index contributed by atoms with van der Waals surface area (Å²) in [5.41, 5.74) is 1.02. The minimum absolute atomic E-state index is 0.218. The second kappa shape index (κ2) is 9.69. The second-order valence-electron chi connectivity index (χ2n) is 5.86. The van der Waals surface area contributed by atoms with Crippen molar-refractivity contribution in [2.45, 2.75) is 33.0 Å². The Hall–Kier alpha value is -2.92. The van der Waals surface area contributed by atoms with E-state index in [2.05, 4.69) is 4.98 Å².